The zero-order valence-electron chi connectivity index (χ0n) is 10.2. The van der Waals surface area contributed by atoms with Gasteiger partial charge < -0.3 is 10.1 Å². The van der Waals surface area contributed by atoms with Gasteiger partial charge in [-0.3, -0.25) is 4.79 Å². The van der Waals surface area contributed by atoms with Crippen molar-refractivity contribution in [2.45, 2.75) is 19.1 Å². The summed E-state index contributed by atoms with van der Waals surface area (Å²) < 4.78 is 41.8. The molecule has 0 aromatic heterocycles. The van der Waals surface area contributed by atoms with Crippen LogP contribution in [-0.2, 0) is 15.7 Å². The van der Waals surface area contributed by atoms with Gasteiger partial charge in [-0.05, 0) is 25.1 Å². The molecule has 0 saturated heterocycles. The maximum Gasteiger partial charge on any atom is 0.416 e. The summed E-state index contributed by atoms with van der Waals surface area (Å²) in [4.78, 5) is 22.8. The van der Waals surface area contributed by atoms with Gasteiger partial charge in [0.15, 0.2) is 0 Å². The van der Waals surface area contributed by atoms with Crippen molar-refractivity contribution in [1.29, 1.82) is 0 Å². The van der Waals surface area contributed by atoms with Crippen LogP contribution in [0.5, 0.6) is 0 Å². The molecule has 0 spiro atoms. The smallest absolute Gasteiger partial charge is 0.416 e. The Balaban J connectivity index is 2.86. The molecule has 104 valence electrons. The van der Waals surface area contributed by atoms with Crippen LogP contribution in [0.1, 0.15) is 22.8 Å². The van der Waals surface area contributed by atoms with Gasteiger partial charge in [0, 0.05) is 5.56 Å². The minimum Gasteiger partial charge on any atom is -0.467 e. The minimum absolute atomic E-state index is 0.175. The molecule has 7 heteroatoms. The molecule has 1 atom stereocenters. The molecule has 0 radical (unpaired) electrons. The number of alkyl halides is 3. The SMILES string of the molecule is COC(=O)C(C)NC(=O)c1cccc(C(F)(F)F)c1. The van der Waals surface area contributed by atoms with Crippen molar-refractivity contribution in [2.75, 3.05) is 7.11 Å². The number of halogens is 3. The van der Waals surface area contributed by atoms with E-state index in [-0.39, 0.29) is 5.56 Å². The Morgan fingerprint density at radius 3 is 2.47 bits per heavy atom. The molecular formula is C12H12F3NO3. The predicted octanol–water partition coefficient (Wildman–Crippen LogP) is 2.00. The van der Waals surface area contributed by atoms with Crippen LogP contribution in [0.3, 0.4) is 0 Å². The average molecular weight is 275 g/mol. The van der Waals surface area contributed by atoms with Crippen LogP contribution in [0.15, 0.2) is 24.3 Å². The van der Waals surface area contributed by atoms with E-state index in [1.54, 1.807) is 0 Å². The van der Waals surface area contributed by atoms with Crippen LogP contribution in [-0.4, -0.2) is 25.0 Å². The number of ether oxygens (including phenoxy) is 1. The third kappa shape index (κ3) is 3.97. The Bertz CT molecular complexity index is 485. The number of carbonyl (C=O) groups is 2. The Morgan fingerprint density at radius 1 is 1.32 bits per heavy atom. The number of methoxy groups -OCH3 is 1. The van der Waals surface area contributed by atoms with Crippen molar-refractivity contribution in [1.82, 2.24) is 5.32 Å². The molecule has 1 rings (SSSR count). The van der Waals surface area contributed by atoms with E-state index in [2.05, 4.69) is 10.1 Å². The summed E-state index contributed by atoms with van der Waals surface area (Å²) in [5.41, 5.74) is -1.10. The first-order chi connectivity index (χ1) is 8.75. The van der Waals surface area contributed by atoms with E-state index >= 15 is 0 Å². The van der Waals surface area contributed by atoms with Gasteiger partial charge in [-0.25, -0.2) is 4.79 Å². The second-order valence-electron chi connectivity index (χ2n) is 3.80. The molecular weight excluding hydrogens is 263 g/mol. The summed E-state index contributed by atoms with van der Waals surface area (Å²) in [6, 6.07) is 3.00. The van der Waals surface area contributed by atoms with E-state index in [1.807, 2.05) is 0 Å². The lowest BCUT2D eigenvalue weighted by Crippen LogP contribution is -2.39. The first-order valence-corrected chi connectivity index (χ1v) is 5.31. The highest BCUT2D eigenvalue weighted by Gasteiger charge is 2.31. The fourth-order valence-corrected chi connectivity index (χ4v) is 1.35. The first kappa shape index (κ1) is 15.0. The first-order valence-electron chi connectivity index (χ1n) is 5.31. The predicted molar refractivity (Wildman–Crippen MR) is 60.4 cm³/mol. The Kier molecular flexibility index (Phi) is 4.52. The summed E-state index contributed by atoms with van der Waals surface area (Å²) in [5, 5.41) is 2.24. The van der Waals surface area contributed by atoms with Crippen LogP contribution < -0.4 is 5.32 Å². The maximum atomic E-state index is 12.5. The number of carbonyl (C=O) groups excluding carboxylic acids is 2. The van der Waals surface area contributed by atoms with Crippen LogP contribution >= 0.6 is 0 Å². The van der Waals surface area contributed by atoms with E-state index in [4.69, 9.17) is 0 Å². The van der Waals surface area contributed by atoms with Crippen molar-refractivity contribution in [3.63, 3.8) is 0 Å². The summed E-state index contributed by atoms with van der Waals surface area (Å²) in [5.74, 6) is -1.45. The van der Waals surface area contributed by atoms with Crippen molar-refractivity contribution in [2.24, 2.45) is 0 Å². The molecule has 19 heavy (non-hydrogen) atoms. The highest BCUT2D eigenvalue weighted by atomic mass is 19.4. The van der Waals surface area contributed by atoms with Gasteiger partial charge in [0.05, 0.1) is 12.7 Å². The molecule has 1 amide bonds. The van der Waals surface area contributed by atoms with Gasteiger partial charge in [-0.2, -0.15) is 13.2 Å². The fraction of sp³-hybridized carbons (Fsp3) is 0.333. The zero-order valence-corrected chi connectivity index (χ0v) is 10.2. The standard InChI is InChI=1S/C12H12F3NO3/c1-7(11(18)19-2)16-10(17)8-4-3-5-9(6-8)12(13,14)15/h3-7H,1-2H3,(H,16,17). The van der Waals surface area contributed by atoms with Gasteiger partial charge in [0.2, 0.25) is 0 Å². The van der Waals surface area contributed by atoms with Crippen molar-refractivity contribution in [3.05, 3.63) is 35.4 Å². The Hall–Kier alpha value is -2.05. The van der Waals surface area contributed by atoms with Crippen molar-refractivity contribution < 1.29 is 27.5 Å². The van der Waals surface area contributed by atoms with Gasteiger partial charge in [-0.15, -0.1) is 0 Å². The second kappa shape index (κ2) is 5.73. The van der Waals surface area contributed by atoms with Gasteiger partial charge in [0.1, 0.15) is 6.04 Å². The summed E-state index contributed by atoms with van der Waals surface area (Å²) in [6.07, 6.45) is -4.52. The highest BCUT2D eigenvalue weighted by molar-refractivity contribution is 5.96. The van der Waals surface area contributed by atoms with Crippen LogP contribution in [0, 0.1) is 0 Å². The third-order valence-electron chi connectivity index (χ3n) is 2.35. The van der Waals surface area contributed by atoms with E-state index in [9.17, 15) is 22.8 Å². The average Bonchev–Trinajstić information content (AvgIpc) is 2.36. The molecule has 4 nitrogen and oxygen atoms in total. The molecule has 1 unspecified atom stereocenters. The molecule has 1 N–H and O–H groups in total. The molecule has 1 aromatic carbocycles. The minimum atomic E-state index is -4.52. The number of rotatable bonds is 3. The number of hydrogen-bond donors (Lipinski definition) is 1. The molecule has 1 aromatic rings. The second-order valence-corrected chi connectivity index (χ2v) is 3.80. The molecule has 0 aliphatic heterocycles. The number of nitrogens with one attached hydrogen (secondary N) is 1. The fourth-order valence-electron chi connectivity index (χ4n) is 1.35. The number of esters is 1. The molecule has 0 aliphatic carbocycles. The summed E-state index contributed by atoms with van der Waals surface area (Å²) in [7, 11) is 1.15. The van der Waals surface area contributed by atoms with Gasteiger partial charge >= 0.3 is 12.1 Å². The Labute approximate surface area is 107 Å². The highest BCUT2D eigenvalue weighted by Crippen LogP contribution is 2.29. The van der Waals surface area contributed by atoms with E-state index in [0.29, 0.717) is 0 Å². The molecule has 0 heterocycles. The van der Waals surface area contributed by atoms with Crippen LogP contribution in [0.4, 0.5) is 13.2 Å². The van der Waals surface area contributed by atoms with Crippen molar-refractivity contribution in [3.8, 4) is 0 Å². The quantitative estimate of drug-likeness (QED) is 0.858. The lowest BCUT2D eigenvalue weighted by Gasteiger charge is -2.12. The molecule has 0 aliphatic rings. The van der Waals surface area contributed by atoms with E-state index in [0.717, 1.165) is 25.3 Å². The number of amides is 1. The Morgan fingerprint density at radius 2 is 1.95 bits per heavy atom. The van der Waals surface area contributed by atoms with Gasteiger partial charge in [-0.1, -0.05) is 6.07 Å². The van der Waals surface area contributed by atoms with Gasteiger partial charge in [0.25, 0.3) is 5.91 Å². The van der Waals surface area contributed by atoms with E-state index < -0.39 is 29.7 Å². The topological polar surface area (TPSA) is 55.4 Å². The molecule has 0 saturated carbocycles. The normalized spacial score (nSPS) is 12.7. The monoisotopic (exact) mass is 275 g/mol. The summed E-state index contributed by atoms with van der Waals surface area (Å²) >= 11 is 0. The molecule has 0 fully saturated rings. The lowest BCUT2D eigenvalue weighted by atomic mass is 10.1. The summed E-state index contributed by atoms with van der Waals surface area (Å²) in [6.45, 7) is 1.37. The third-order valence-corrected chi connectivity index (χ3v) is 2.35. The zero-order chi connectivity index (χ0) is 14.6. The van der Waals surface area contributed by atoms with E-state index in [1.165, 1.54) is 13.0 Å². The maximum absolute atomic E-state index is 12.5. The van der Waals surface area contributed by atoms with Crippen molar-refractivity contribution >= 4 is 11.9 Å². The lowest BCUT2D eigenvalue weighted by molar-refractivity contribution is -0.142. The molecule has 0 bridgehead atoms. The number of benzene rings is 1. The number of hydrogen-bond acceptors (Lipinski definition) is 3. The largest absolute Gasteiger partial charge is 0.467 e. The van der Waals surface area contributed by atoms with Crippen LogP contribution in [0.2, 0.25) is 0 Å². The van der Waals surface area contributed by atoms with Crippen LogP contribution in [0.25, 0.3) is 0 Å².